The summed E-state index contributed by atoms with van der Waals surface area (Å²) in [6, 6.07) is -2.56. The maximum atomic E-state index is 12.7. The Bertz CT molecular complexity index is 2770. The maximum absolute atomic E-state index is 12.7. The van der Waals surface area contributed by atoms with Crippen LogP contribution in [0.3, 0.4) is 0 Å². The molecule has 2 saturated carbocycles. The Kier molecular flexibility index (Phi) is 68.5. The number of carbonyl (C=O) groups is 12. The summed E-state index contributed by atoms with van der Waals surface area (Å²) in [6.07, 6.45) is 13.6. The Morgan fingerprint density at radius 2 is 0.373 bits per heavy atom. The molecule has 0 spiro atoms. The van der Waals surface area contributed by atoms with Gasteiger partial charge in [0, 0.05) is 53.2 Å². The van der Waals surface area contributed by atoms with Crippen LogP contribution in [-0.2, 0) is 114 Å². The lowest BCUT2D eigenvalue weighted by Gasteiger charge is -2.29. The van der Waals surface area contributed by atoms with Crippen molar-refractivity contribution in [3.05, 3.63) is 0 Å². The van der Waals surface area contributed by atoms with Gasteiger partial charge < -0.3 is 99.4 Å². The van der Waals surface area contributed by atoms with E-state index in [1.54, 1.807) is 0 Å². The van der Waals surface area contributed by atoms with E-state index in [4.69, 9.17) is 37.9 Å². The summed E-state index contributed by atoms with van der Waals surface area (Å²) in [5.74, 6) is -0.109. The van der Waals surface area contributed by atoms with Crippen molar-refractivity contribution in [2.24, 2.45) is 71.0 Å². The molecule has 740 valence electrons. The zero-order valence-corrected chi connectivity index (χ0v) is 82.9. The molecule has 8 N–H and O–H groups in total. The Labute approximate surface area is 760 Å². The molecular weight excluding hydrogens is 1630 g/mol. The summed E-state index contributed by atoms with van der Waals surface area (Å²) in [5.41, 5.74) is 0. The maximum Gasteiger partial charge on any atom is 0.326 e. The van der Waals surface area contributed by atoms with Crippen molar-refractivity contribution in [1.29, 1.82) is 0 Å². The lowest BCUT2D eigenvalue weighted by Crippen LogP contribution is -2.44. The SMILES string of the molecule is CC(C)CC(NC(C)C)C(=O)OCC1CCC(COC(=O)C(CC(C)C)NC(C)C)CC1.CC(C)CC(NC(C)C)C(=O)OCOC(=O)C(CC(C)C)NC(C)C.COC(=O)CCNC(CC(C)C)C(=O)OCC1CCC(COC(=O)C(CC(C)C)NCCC(=O)OC)CC1.COC(=O)CCNC(CC(C)C)C(=O)OCOC(=O)C(CC(C)C)NCCC(=O)OC.[HH].[HH]. The lowest BCUT2D eigenvalue weighted by molar-refractivity contribution is -0.172. The molecule has 32 heteroatoms. The Morgan fingerprint density at radius 3 is 0.524 bits per heavy atom. The van der Waals surface area contributed by atoms with Gasteiger partial charge in [-0.25, -0.2) is 0 Å². The summed E-state index contributed by atoms with van der Waals surface area (Å²) in [7, 11) is 5.29. The van der Waals surface area contributed by atoms with Gasteiger partial charge in [-0.15, -0.1) is 0 Å². The van der Waals surface area contributed by atoms with Crippen LogP contribution in [0.5, 0.6) is 0 Å². The van der Waals surface area contributed by atoms with Crippen molar-refractivity contribution >= 4 is 71.6 Å². The van der Waals surface area contributed by atoms with Gasteiger partial charge in [0.15, 0.2) is 0 Å². The van der Waals surface area contributed by atoms with E-state index in [-0.39, 0.29) is 180 Å². The molecule has 0 radical (unpaired) electrons. The van der Waals surface area contributed by atoms with Crippen LogP contribution in [0.2, 0.25) is 0 Å². The first-order chi connectivity index (χ1) is 59.1. The van der Waals surface area contributed by atoms with Gasteiger partial charge in [0.25, 0.3) is 0 Å². The van der Waals surface area contributed by atoms with Crippen molar-refractivity contribution < 1.29 is 117 Å². The molecule has 0 amide bonds. The first-order valence-electron chi connectivity index (χ1n) is 46.7. The van der Waals surface area contributed by atoms with E-state index in [1.165, 1.54) is 28.4 Å². The van der Waals surface area contributed by atoms with E-state index in [2.05, 4.69) is 145 Å². The zero-order chi connectivity index (χ0) is 96.1. The van der Waals surface area contributed by atoms with Crippen molar-refractivity contribution in [3.8, 4) is 0 Å². The smallest absolute Gasteiger partial charge is 0.326 e. The monoisotopic (exact) mass is 1810 g/mol. The van der Waals surface area contributed by atoms with Gasteiger partial charge in [-0.05, 0) is 174 Å². The Balaban J connectivity index is -0.000000805. The van der Waals surface area contributed by atoms with Crippen LogP contribution in [0.15, 0.2) is 0 Å². The minimum Gasteiger partial charge on any atom is -0.469 e. The highest BCUT2D eigenvalue weighted by atomic mass is 16.7. The number of hydrogen-bond donors (Lipinski definition) is 8. The fourth-order valence-electron chi connectivity index (χ4n) is 14.2. The Morgan fingerprint density at radius 1 is 0.230 bits per heavy atom. The molecule has 0 bridgehead atoms. The highest BCUT2D eigenvalue weighted by Crippen LogP contribution is 2.32. The third kappa shape index (κ3) is 64.1. The van der Waals surface area contributed by atoms with Crippen LogP contribution in [0.25, 0.3) is 0 Å². The second kappa shape index (κ2) is 71.1. The normalized spacial score (nSPS) is 17.1. The van der Waals surface area contributed by atoms with Crippen molar-refractivity contribution in [2.75, 3.05) is 94.6 Å². The Hall–Kier alpha value is -6.68. The molecule has 2 fully saturated rings. The second-order valence-electron chi connectivity index (χ2n) is 38.2. The third-order valence-corrected chi connectivity index (χ3v) is 20.4. The van der Waals surface area contributed by atoms with Crippen LogP contribution in [0.1, 0.15) is 297 Å². The first-order valence-corrected chi connectivity index (χ1v) is 46.7. The molecule has 2 aliphatic carbocycles. The minimum atomic E-state index is -0.631. The predicted molar refractivity (Wildman–Crippen MR) is 491 cm³/mol. The fraction of sp³-hybridized carbons (Fsp3) is 0.872. The molecule has 0 aliphatic heterocycles. The van der Waals surface area contributed by atoms with Crippen LogP contribution in [-0.4, -0.2) is 239 Å². The van der Waals surface area contributed by atoms with E-state index in [0.717, 1.165) is 64.2 Å². The second-order valence-corrected chi connectivity index (χ2v) is 38.2. The zero-order valence-electron chi connectivity index (χ0n) is 82.9. The van der Waals surface area contributed by atoms with E-state index >= 15 is 0 Å². The molecule has 0 heterocycles. The number of esters is 12. The largest absolute Gasteiger partial charge is 0.469 e. The minimum absolute atomic E-state index is 0. The lowest BCUT2D eigenvalue weighted by atomic mass is 9.83. The van der Waals surface area contributed by atoms with E-state index < -0.39 is 42.9 Å². The summed E-state index contributed by atoms with van der Waals surface area (Å²) >= 11 is 0. The number of ether oxygens (including phenoxy) is 12. The highest BCUT2D eigenvalue weighted by Gasteiger charge is 2.33. The number of rotatable bonds is 60. The fourth-order valence-corrected chi connectivity index (χ4v) is 14.2. The molecule has 126 heavy (non-hydrogen) atoms. The quantitative estimate of drug-likeness (QED) is 0.0159. The number of hydrogen-bond acceptors (Lipinski definition) is 32. The summed E-state index contributed by atoms with van der Waals surface area (Å²) in [6.45, 7) is 51.0. The van der Waals surface area contributed by atoms with E-state index in [1.807, 2.05) is 83.1 Å². The molecule has 0 aromatic carbocycles. The van der Waals surface area contributed by atoms with Gasteiger partial charge in [0.05, 0.1) is 80.6 Å². The highest BCUT2D eigenvalue weighted by molar-refractivity contribution is 5.80. The summed E-state index contributed by atoms with van der Waals surface area (Å²) < 4.78 is 61.7. The molecule has 8 atom stereocenters. The molecule has 0 saturated heterocycles. The van der Waals surface area contributed by atoms with Crippen molar-refractivity contribution in [1.82, 2.24) is 42.5 Å². The molecular formula is C94H180N8O24. The van der Waals surface area contributed by atoms with Crippen LogP contribution < -0.4 is 42.5 Å². The topological polar surface area (TPSA) is 412 Å². The molecule has 2 rings (SSSR count). The molecule has 2 aliphatic rings. The van der Waals surface area contributed by atoms with E-state index in [0.29, 0.717) is 125 Å². The summed E-state index contributed by atoms with van der Waals surface area (Å²) in [5, 5.41) is 25.3. The number of nitrogens with one attached hydrogen (secondary N) is 8. The van der Waals surface area contributed by atoms with Crippen LogP contribution in [0.4, 0.5) is 0 Å². The molecule has 8 unspecified atom stereocenters. The van der Waals surface area contributed by atoms with E-state index in [9.17, 15) is 57.5 Å². The first kappa shape index (κ1) is 121. The van der Waals surface area contributed by atoms with Crippen molar-refractivity contribution in [2.45, 2.75) is 367 Å². The molecule has 0 aromatic rings. The number of methoxy groups -OCH3 is 4. The molecule has 0 aromatic heterocycles. The predicted octanol–water partition coefficient (Wildman–Crippen LogP) is 12.2. The van der Waals surface area contributed by atoms with Crippen LogP contribution in [0, 0.1) is 71.0 Å². The summed E-state index contributed by atoms with van der Waals surface area (Å²) in [4.78, 5) is 145. The van der Waals surface area contributed by atoms with Gasteiger partial charge in [-0.2, -0.15) is 0 Å². The van der Waals surface area contributed by atoms with Gasteiger partial charge in [-0.3, -0.25) is 57.5 Å². The van der Waals surface area contributed by atoms with Gasteiger partial charge in [0.1, 0.15) is 48.3 Å². The average Bonchev–Trinajstić information content (AvgIpc) is 0.905. The third-order valence-electron chi connectivity index (χ3n) is 20.4. The average molecular weight is 1810 g/mol. The van der Waals surface area contributed by atoms with Gasteiger partial charge in [0.2, 0.25) is 13.6 Å². The molecule has 32 nitrogen and oxygen atoms in total. The standard InChI is InChI=1S/C28H50N2O8.C26H50N2O4.C21H38N2O8.C19H38N2O4.2H2/c1-19(2)15-23(29-13-11-25(31)35-5)27(33)37-17-21-7-9-22(10-8-21)18-38-28(34)24(16-20(3)4)30-14-12-26(32)36-6;1-17(2)13-23(27-19(5)6)25(29)31-15-21-9-11-22(12-10-21)16-32-26(30)24(14-18(3)4)28-20(7)8;1-14(2)11-16(22-9-7-18(24)28-5)20(26)30-13-31-21(27)17(12-15(3)4)23-10-8-19(25)29-6;1-12(2)9-16(20-14(5)6)18(22)24-11-25-19(23)17(10-13(3)4)21-15(7)8;;/h19-24,29-30H,7-18H2,1-6H3;17-24,27-28H,9-16H2,1-8H3;14-17,22-23H,7-13H2,1-6H3;12-17,20-21H,9-11H2,1-8H3;2*1H. The van der Waals surface area contributed by atoms with Crippen molar-refractivity contribution in [3.63, 3.8) is 0 Å². The number of carbonyl (C=O) groups excluding carboxylic acids is 12. The van der Waals surface area contributed by atoms with Gasteiger partial charge >= 0.3 is 71.6 Å². The van der Waals surface area contributed by atoms with Gasteiger partial charge in [-0.1, -0.05) is 166 Å². The van der Waals surface area contributed by atoms with Crippen LogP contribution >= 0.6 is 0 Å².